The molecule has 20 heavy (non-hydrogen) atoms. The molecule has 0 aromatic rings. The van der Waals surface area contributed by atoms with Gasteiger partial charge in [0.25, 0.3) is 0 Å². The minimum atomic E-state index is -0.999. The van der Waals surface area contributed by atoms with E-state index in [1.54, 1.807) is 4.90 Å². The molecule has 0 unspecified atom stereocenters. The van der Waals surface area contributed by atoms with Gasteiger partial charge in [-0.05, 0) is 45.7 Å². The van der Waals surface area contributed by atoms with E-state index in [1.165, 1.54) is 39.3 Å². The molecular weight excluding hydrogens is 258 g/mol. The molecule has 1 atom stereocenters. The Bertz CT molecular complexity index is 348. The van der Waals surface area contributed by atoms with Crippen molar-refractivity contribution >= 4 is 12.0 Å². The van der Waals surface area contributed by atoms with Gasteiger partial charge in [-0.3, -0.25) is 4.79 Å². The zero-order valence-corrected chi connectivity index (χ0v) is 12.2. The Morgan fingerprint density at radius 2 is 1.70 bits per heavy atom. The van der Waals surface area contributed by atoms with Gasteiger partial charge in [-0.1, -0.05) is 6.42 Å². The topological polar surface area (TPSA) is 72.9 Å². The van der Waals surface area contributed by atoms with Crippen molar-refractivity contribution in [1.82, 2.24) is 15.1 Å². The number of aliphatic carboxylic acids is 1. The lowest BCUT2D eigenvalue weighted by Gasteiger charge is -2.40. The highest BCUT2D eigenvalue weighted by Gasteiger charge is 2.28. The monoisotopic (exact) mass is 283 g/mol. The third kappa shape index (κ3) is 3.85. The summed E-state index contributed by atoms with van der Waals surface area (Å²) in [6.45, 7) is 5.30. The average Bonchev–Trinajstić information content (AvgIpc) is 2.48. The maximum absolute atomic E-state index is 11.9. The van der Waals surface area contributed by atoms with E-state index in [9.17, 15) is 9.59 Å². The van der Waals surface area contributed by atoms with Crippen molar-refractivity contribution in [3.05, 3.63) is 0 Å². The molecule has 0 aromatic heterocycles. The van der Waals surface area contributed by atoms with Crippen LogP contribution in [0.5, 0.6) is 0 Å². The Labute approximate surface area is 120 Å². The van der Waals surface area contributed by atoms with Gasteiger partial charge < -0.3 is 20.2 Å². The highest BCUT2D eigenvalue weighted by atomic mass is 16.4. The van der Waals surface area contributed by atoms with Crippen LogP contribution in [0.15, 0.2) is 0 Å². The van der Waals surface area contributed by atoms with Crippen molar-refractivity contribution in [2.75, 3.05) is 26.2 Å². The molecule has 6 heteroatoms. The van der Waals surface area contributed by atoms with E-state index < -0.39 is 12.0 Å². The molecule has 2 rings (SSSR count). The molecule has 2 aliphatic heterocycles. The second kappa shape index (κ2) is 6.92. The van der Waals surface area contributed by atoms with E-state index >= 15 is 0 Å². The number of rotatable bonds is 3. The maximum atomic E-state index is 11.9. The van der Waals surface area contributed by atoms with E-state index in [1.807, 2.05) is 0 Å². The van der Waals surface area contributed by atoms with Crippen molar-refractivity contribution in [1.29, 1.82) is 0 Å². The van der Waals surface area contributed by atoms with E-state index in [4.69, 9.17) is 5.11 Å². The minimum absolute atomic E-state index is 0.253. The summed E-state index contributed by atoms with van der Waals surface area (Å²) in [6.07, 6.45) is 5.90. The van der Waals surface area contributed by atoms with Crippen LogP contribution in [0, 0.1) is 0 Å². The van der Waals surface area contributed by atoms with Gasteiger partial charge in [0.2, 0.25) is 0 Å². The van der Waals surface area contributed by atoms with E-state index in [0.29, 0.717) is 6.04 Å². The number of piperidine rings is 2. The number of carboxylic acid groups (broad SMARTS) is 1. The van der Waals surface area contributed by atoms with Crippen molar-refractivity contribution in [2.45, 2.75) is 51.1 Å². The van der Waals surface area contributed by atoms with Gasteiger partial charge in [-0.2, -0.15) is 0 Å². The highest BCUT2D eigenvalue weighted by molar-refractivity contribution is 5.82. The number of carbonyl (C=O) groups is 2. The third-order valence-electron chi connectivity index (χ3n) is 4.37. The Morgan fingerprint density at radius 1 is 1.10 bits per heavy atom. The minimum Gasteiger partial charge on any atom is -0.480 e. The molecule has 0 bridgehead atoms. The average molecular weight is 283 g/mol. The lowest BCUT2D eigenvalue weighted by molar-refractivity contribution is -0.138. The fourth-order valence-corrected chi connectivity index (χ4v) is 3.06. The lowest BCUT2D eigenvalue weighted by Crippen LogP contribution is -2.52. The summed E-state index contributed by atoms with van der Waals surface area (Å²) in [4.78, 5) is 27.0. The quantitative estimate of drug-likeness (QED) is 0.814. The van der Waals surface area contributed by atoms with E-state index in [0.717, 1.165) is 25.9 Å². The smallest absolute Gasteiger partial charge is 0.325 e. The summed E-state index contributed by atoms with van der Waals surface area (Å²) in [6, 6.07) is -0.490. The standard InChI is InChI=1S/C14H25N3O3/c1-11(13(18)19)15-14(20)17-9-5-12(6-10-17)16-7-3-2-4-8-16/h11-12H,2-10H2,1H3,(H,15,20)(H,18,19)/t11-/m1/s1. The first-order valence-corrected chi connectivity index (χ1v) is 7.60. The molecular formula is C14H25N3O3. The Kier molecular flexibility index (Phi) is 5.23. The van der Waals surface area contributed by atoms with Crippen LogP contribution in [0.4, 0.5) is 4.79 Å². The molecule has 2 saturated heterocycles. The second-order valence-electron chi connectivity index (χ2n) is 5.82. The number of nitrogens with one attached hydrogen (secondary N) is 1. The largest absolute Gasteiger partial charge is 0.480 e. The van der Waals surface area contributed by atoms with E-state index in [2.05, 4.69) is 10.2 Å². The number of amides is 2. The Hall–Kier alpha value is -1.30. The normalized spacial score (nSPS) is 23.4. The summed E-state index contributed by atoms with van der Waals surface area (Å²) >= 11 is 0. The van der Waals surface area contributed by atoms with Gasteiger partial charge in [-0.15, -0.1) is 0 Å². The van der Waals surface area contributed by atoms with Gasteiger partial charge >= 0.3 is 12.0 Å². The van der Waals surface area contributed by atoms with Gasteiger partial charge in [0, 0.05) is 19.1 Å². The lowest BCUT2D eigenvalue weighted by atomic mass is 10.00. The molecule has 2 amide bonds. The molecule has 0 spiro atoms. The van der Waals surface area contributed by atoms with E-state index in [-0.39, 0.29) is 6.03 Å². The summed E-state index contributed by atoms with van der Waals surface area (Å²) in [5, 5.41) is 11.3. The molecule has 0 aliphatic carbocycles. The van der Waals surface area contributed by atoms with Gasteiger partial charge in [-0.25, -0.2) is 4.79 Å². The first-order valence-electron chi connectivity index (χ1n) is 7.60. The molecule has 2 heterocycles. The number of carboxylic acids is 1. The van der Waals surface area contributed by atoms with Crippen LogP contribution in [0.1, 0.15) is 39.0 Å². The highest BCUT2D eigenvalue weighted by Crippen LogP contribution is 2.20. The van der Waals surface area contributed by atoms with Crippen LogP contribution in [0.2, 0.25) is 0 Å². The van der Waals surface area contributed by atoms with Gasteiger partial charge in [0.1, 0.15) is 6.04 Å². The number of likely N-dealkylation sites (tertiary alicyclic amines) is 2. The molecule has 0 saturated carbocycles. The van der Waals surface area contributed by atoms with Crippen LogP contribution >= 0.6 is 0 Å². The van der Waals surface area contributed by atoms with Crippen LogP contribution in [0.25, 0.3) is 0 Å². The predicted octanol–water partition coefficient (Wildman–Crippen LogP) is 1.12. The number of hydrogen-bond donors (Lipinski definition) is 2. The molecule has 2 fully saturated rings. The number of carbonyl (C=O) groups excluding carboxylic acids is 1. The number of hydrogen-bond acceptors (Lipinski definition) is 3. The Balaban J connectivity index is 1.75. The zero-order valence-electron chi connectivity index (χ0n) is 12.2. The molecule has 6 nitrogen and oxygen atoms in total. The molecule has 2 N–H and O–H groups in total. The summed E-state index contributed by atoms with van der Waals surface area (Å²) < 4.78 is 0. The molecule has 0 radical (unpaired) electrons. The SMILES string of the molecule is C[C@@H](NC(=O)N1CCC(N2CCCCC2)CC1)C(=O)O. The second-order valence-corrected chi connectivity index (χ2v) is 5.82. The van der Waals surface area contributed by atoms with Crippen molar-refractivity contribution in [3.63, 3.8) is 0 Å². The van der Waals surface area contributed by atoms with Crippen molar-refractivity contribution < 1.29 is 14.7 Å². The fraction of sp³-hybridized carbons (Fsp3) is 0.857. The van der Waals surface area contributed by atoms with Crippen LogP contribution < -0.4 is 5.32 Å². The Morgan fingerprint density at radius 3 is 2.25 bits per heavy atom. The fourth-order valence-electron chi connectivity index (χ4n) is 3.06. The summed E-state index contributed by atoms with van der Waals surface area (Å²) in [5.74, 6) is -0.999. The van der Waals surface area contributed by atoms with Crippen molar-refractivity contribution in [2.24, 2.45) is 0 Å². The molecule has 2 aliphatic rings. The summed E-state index contributed by atoms with van der Waals surface area (Å²) in [7, 11) is 0. The summed E-state index contributed by atoms with van der Waals surface area (Å²) in [5.41, 5.74) is 0. The van der Waals surface area contributed by atoms with Crippen LogP contribution in [0.3, 0.4) is 0 Å². The molecule has 114 valence electrons. The van der Waals surface area contributed by atoms with Crippen LogP contribution in [-0.4, -0.2) is 65.2 Å². The third-order valence-corrected chi connectivity index (χ3v) is 4.37. The van der Waals surface area contributed by atoms with Crippen molar-refractivity contribution in [3.8, 4) is 0 Å². The zero-order chi connectivity index (χ0) is 14.5. The number of nitrogens with zero attached hydrogens (tertiary/aromatic N) is 2. The first-order chi connectivity index (χ1) is 9.58. The molecule has 0 aromatic carbocycles. The van der Waals surface area contributed by atoms with Gasteiger partial charge in [0.05, 0.1) is 0 Å². The maximum Gasteiger partial charge on any atom is 0.325 e. The van der Waals surface area contributed by atoms with Crippen LogP contribution in [-0.2, 0) is 4.79 Å². The first kappa shape index (κ1) is 15.1. The van der Waals surface area contributed by atoms with Gasteiger partial charge in [0.15, 0.2) is 0 Å². The predicted molar refractivity (Wildman–Crippen MR) is 75.6 cm³/mol. The number of urea groups is 1.